The largest absolute Gasteiger partial charge is 0.486 e. The highest BCUT2D eigenvalue weighted by Crippen LogP contribution is 2.33. The molecule has 2 unspecified atom stereocenters. The van der Waals surface area contributed by atoms with E-state index in [4.69, 9.17) is 9.47 Å². The SMILES string of the molecule is O=C(Nc1ccc2c(c1)OCCO2)C1CC(c2ccc(Br)cc2)NN1. The van der Waals surface area contributed by atoms with Gasteiger partial charge in [-0.2, -0.15) is 0 Å². The van der Waals surface area contributed by atoms with Gasteiger partial charge in [0.2, 0.25) is 5.91 Å². The van der Waals surface area contributed by atoms with E-state index in [0.29, 0.717) is 36.8 Å². The van der Waals surface area contributed by atoms with Crippen molar-refractivity contribution in [2.45, 2.75) is 18.5 Å². The van der Waals surface area contributed by atoms with Crippen molar-refractivity contribution >= 4 is 27.5 Å². The molecule has 2 aliphatic heterocycles. The lowest BCUT2D eigenvalue weighted by Crippen LogP contribution is -2.39. The van der Waals surface area contributed by atoms with Crippen LogP contribution in [-0.4, -0.2) is 25.2 Å². The molecule has 1 amide bonds. The third kappa shape index (κ3) is 3.63. The lowest BCUT2D eigenvalue weighted by Gasteiger charge is -2.19. The molecule has 2 aromatic carbocycles. The van der Waals surface area contributed by atoms with E-state index in [1.54, 1.807) is 6.07 Å². The molecule has 7 heteroatoms. The molecule has 6 nitrogen and oxygen atoms in total. The van der Waals surface area contributed by atoms with Crippen molar-refractivity contribution in [3.63, 3.8) is 0 Å². The summed E-state index contributed by atoms with van der Waals surface area (Å²) in [6.07, 6.45) is 0.679. The van der Waals surface area contributed by atoms with E-state index in [-0.39, 0.29) is 18.0 Å². The van der Waals surface area contributed by atoms with Crippen LogP contribution in [-0.2, 0) is 4.79 Å². The van der Waals surface area contributed by atoms with Crippen molar-refractivity contribution in [1.29, 1.82) is 0 Å². The Labute approximate surface area is 154 Å². The van der Waals surface area contributed by atoms with Gasteiger partial charge in [0.25, 0.3) is 0 Å². The summed E-state index contributed by atoms with van der Waals surface area (Å²) >= 11 is 3.43. The van der Waals surface area contributed by atoms with Gasteiger partial charge < -0.3 is 14.8 Å². The lowest BCUT2D eigenvalue weighted by molar-refractivity contribution is -0.117. The third-order valence-corrected chi connectivity index (χ3v) is 4.83. The summed E-state index contributed by atoms with van der Waals surface area (Å²) in [6, 6.07) is 13.3. The van der Waals surface area contributed by atoms with Crippen molar-refractivity contribution in [2.75, 3.05) is 18.5 Å². The topological polar surface area (TPSA) is 71.6 Å². The molecule has 2 aromatic rings. The van der Waals surface area contributed by atoms with Gasteiger partial charge in [-0.05, 0) is 36.2 Å². The summed E-state index contributed by atoms with van der Waals surface area (Å²) in [6.45, 7) is 1.07. The number of benzene rings is 2. The molecule has 0 bridgehead atoms. The van der Waals surface area contributed by atoms with Crippen LogP contribution in [0, 0.1) is 0 Å². The van der Waals surface area contributed by atoms with Gasteiger partial charge in [0, 0.05) is 22.3 Å². The fourth-order valence-electron chi connectivity index (χ4n) is 2.99. The maximum Gasteiger partial charge on any atom is 0.242 e. The molecule has 2 atom stereocenters. The molecule has 4 rings (SSSR count). The number of ether oxygens (including phenoxy) is 2. The highest BCUT2D eigenvalue weighted by molar-refractivity contribution is 9.10. The van der Waals surface area contributed by atoms with Crippen LogP contribution in [0.25, 0.3) is 0 Å². The number of halogens is 1. The zero-order valence-electron chi connectivity index (χ0n) is 13.4. The Balaban J connectivity index is 1.39. The summed E-state index contributed by atoms with van der Waals surface area (Å²) in [7, 11) is 0. The molecule has 25 heavy (non-hydrogen) atoms. The van der Waals surface area contributed by atoms with Crippen molar-refractivity contribution < 1.29 is 14.3 Å². The second-order valence-corrected chi connectivity index (χ2v) is 6.94. The highest BCUT2D eigenvalue weighted by atomic mass is 79.9. The number of nitrogens with one attached hydrogen (secondary N) is 3. The van der Waals surface area contributed by atoms with E-state index in [9.17, 15) is 4.79 Å². The van der Waals surface area contributed by atoms with Gasteiger partial charge in [0.15, 0.2) is 11.5 Å². The van der Waals surface area contributed by atoms with Gasteiger partial charge in [-0.1, -0.05) is 28.1 Å². The van der Waals surface area contributed by atoms with Gasteiger partial charge in [-0.25, -0.2) is 10.9 Å². The number of carbonyl (C=O) groups excluding carboxylic acids is 1. The van der Waals surface area contributed by atoms with E-state index < -0.39 is 0 Å². The molecule has 0 saturated carbocycles. The molecule has 0 aliphatic carbocycles. The van der Waals surface area contributed by atoms with Gasteiger partial charge in [-0.3, -0.25) is 4.79 Å². The van der Waals surface area contributed by atoms with Crippen LogP contribution in [0.2, 0.25) is 0 Å². The van der Waals surface area contributed by atoms with Gasteiger partial charge in [0.05, 0.1) is 0 Å². The zero-order chi connectivity index (χ0) is 17.2. The molecule has 1 saturated heterocycles. The fourth-order valence-corrected chi connectivity index (χ4v) is 3.26. The second kappa shape index (κ2) is 7.03. The van der Waals surface area contributed by atoms with Crippen LogP contribution in [0.4, 0.5) is 5.69 Å². The molecule has 0 radical (unpaired) electrons. The number of hydrogen-bond donors (Lipinski definition) is 3. The van der Waals surface area contributed by atoms with Crippen LogP contribution in [0.3, 0.4) is 0 Å². The molecule has 1 fully saturated rings. The smallest absolute Gasteiger partial charge is 0.242 e. The minimum absolute atomic E-state index is 0.0798. The van der Waals surface area contributed by atoms with Crippen LogP contribution in [0.5, 0.6) is 11.5 Å². The maximum atomic E-state index is 12.5. The number of carbonyl (C=O) groups is 1. The minimum atomic E-state index is -0.304. The number of hydrogen-bond acceptors (Lipinski definition) is 5. The summed E-state index contributed by atoms with van der Waals surface area (Å²) in [4.78, 5) is 12.5. The first-order chi connectivity index (χ1) is 12.2. The van der Waals surface area contributed by atoms with Crippen molar-refractivity contribution in [1.82, 2.24) is 10.9 Å². The molecular weight excluding hydrogens is 386 g/mol. The molecular formula is C18H18BrN3O3. The van der Waals surface area contributed by atoms with E-state index in [1.807, 2.05) is 36.4 Å². The normalized spacial score (nSPS) is 21.8. The molecule has 130 valence electrons. The van der Waals surface area contributed by atoms with E-state index >= 15 is 0 Å². The Hall–Kier alpha value is -2.09. The van der Waals surface area contributed by atoms with Gasteiger partial charge in [-0.15, -0.1) is 0 Å². The number of hydrazine groups is 1. The average Bonchev–Trinajstić information content (AvgIpc) is 3.12. The minimum Gasteiger partial charge on any atom is -0.486 e. The van der Waals surface area contributed by atoms with Crippen molar-refractivity contribution in [2.24, 2.45) is 0 Å². The first-order valence-electron chi connectivity index (χ1n) is 8.16. The van der Waals surface area contributed by atoms with Gasteiger partial charge in [0.1, 0.15) is 19.3 Å². The lowest BCUT2D eigenvalue weighted by atomic mass is 10.0. The van der Waals surface area contributed by atoms with Crippen molar-refractivity contribution in [3.05, 3.63) is 52.5 Å². The highest BCUT2D eigenvalue weighted by Gasteiger charge is 2.30. The summed E-state index contributed by atoms with van der Waals surface area (Å²) in [5.74, 6) is 1.29. The molecule has 0 spiro atoms. The Bertz CT molecular complexity index is 782. The quantitative estimate of drug-likeness (QED) is 0.734. The summed E-state index contributed by atoms with van der Waals surface area (Å²) in [5.41, 5.74) is 8.10. The summed E-state index contributed by atoms with van der Waals surface area (Å²) in [5, 5.41) is 2.93. The number of fused-ring (bicyclic) bond motifs is 1. The Morgan fingerprint density at radius 3 is 2.60 bits per heavy atom. The standard InChI is InChI=1S/C18H18BrN3O3/c19-12-3-1-11(2-4-12)14-10-15(22-21-14)18(23)20-13-5-6-16-17(9-13)25-8-7-24-16/h1-6,9,14-15,21-22H,7-8,10H2,(H,20,23). The van der Waals surface area contributed by atoms with E-state index in [2.05, 4.69) is 32.1 Å². The number of rotatable bonds is 3. The Kier molecular flexibility index (Phi) is 4.61. The van der Waals surface area contributed by atoms with Crippen molar-refractivity contribution in [3.8, 4) is 11.5 Å². The van der Waals surface area contributed by atoms with Crippen LogP contribution >= 0.6 is 15.9 Å². The van der Waals surface area contributed by atoms with E-state index in [1.165, 1.54) is 0 Å². The number of anilines is 1. The number of amides is 1. The van der Waals surface area contributed by atoms with Crippen LogP contribution in [0.1, 0.15) is 18.0 Å². The fraction of sp³-hybridized carbons (Fsp3) is 0.278. The second-order valence-electron chi connectivity index (χ2n) is 6.03. The average molecular weight is 404 g/mol. The van der Waals surface area contributed by atoms with Crippen LogP contribution < -0.4 is 25.6 Å². The monoisotopic (exact) mass is 403 g/mol. The Morgan fingerprint density at radius 1 is 1.04 bits per heavy atom. The predicted octanol–water partition coefficient (Wildman–Crippen LogP) is 2.77. The van der Waals surface area contributed by atoms with Crippen LogP contribution in [0.15, 0.2) is 46.9 Å². The molecule has 2 heterocycles. The maximum absolute atomic E-state index is 12.5. The molecule has 2 aliphatic rings. The first-order valence-corrected chi connectivity index (χ1v) is 8.95. The third-order valence-electron chi connectivity index (χ3n) is 4.30. The first kappa shape index (κ1) is 16.4. The predicted molar refractivity (Wildman–Crippen MR) is 97.6 cm³/mol. The summed E-state index contributed by atoms with van der Waals surface area (Å²) < 4.78 is 12.1. The Morgan fingerprint density at radius 2 is 1.80 bits per heavy atom. The zero-order valence-corrected chi connectivity index (χ0v) is 15.0. The van der Waals surface area contributed by atoms with E-state index in [0.717, 1.165) is 10.0 Å². The molecule has 0 aromatic heterocycles. The van der Waals surface area contributed by atoms with Gasteiger partial charge >= 0.3 is 0 Å². The molecule has 3 N–H and O–H groups in total.